The molecule has 12 aromatic carbocycles. The van der Waals surface area contributed by atoms with E-state index in [2.05, 4.69) is 19.9 Å². The molecule has 0 aliphatic carbocycles. The average molecular weight is 1900 g/mol. The minimum atomic E-state index is -1.02. The molecule has 139 heavy (non-hydrogen) atoms. The first-order valence-corrected chi connectivity index (χ1v) is 44.2. The summed E-state index contributed by atoms with van der Waals surface area (Å²) in [6.07, 6.45) is 0.823. The number of aromatic nitrogens is 4. The van der Waals surface area contributed by atoms with Crippen LogP contribution in [0.4, 0.5) is 41.6 Å². The van der Waals surface area contributed by atoms with Crippen molar-refractivity contribution in [1.29, 1.82) is 0 Å². The van der Waals surface area contributed by atoms with E-state index in [1.165, 1.54) is 99.2 Å². The number of esters is 2. The van der Waals surface area contributed by atoms with Gasteiger partial charge in [-0.25, -0.2) is 36.7 Å². The van der Waals surface area contributed by atoms with Crippen molar-refractivity contribution in [2.24, 2.45) is 0 Å². The van der Waals surface area contributed by atoms with Gasteiger partial charge in [-0.2, -0.15) is 19.9 Å². The molecule has 0 radical (unpaired) electrons. The number of aliphatic hydroxyl groups excluding tert-OH is 1. The van der Waals surface area contributed by atoms with E-state index in [1.807, 2.05) is 167 Å². The first kappa shape index (κ1) is 95.8. The van der Waals surface area contributed by atoms with Gasteiger partial charge in [0.15, 0.2) is 68.3 Å². The molecular weight excluding hydrogens is 1800 g/mol. The maximum atomic E-state index is 13.7. The van der Waals surface area contributed by atoms with Crippen LogP contribution < -0.4 is 52.8 Å². The minimum absolute atomic E-state index is 0.00295. The number of carbonyl (C=O) groups excluding carboxylic acids is 2. The second-order valence-corrected chi connectivity index (χ2v) is 33.5. The van der Waals surface area contributed by atoms with Crippen molar-refractivity contribution in [2.75, 3.05) is 62.3 Å². The van der Waals surface area contributed by atoms with Gasteiger partial charge in [0.25, 0.3) is 24.1 Å². The number of carboxylic acids is 2. The molecule has 0 saturated carbocycles. The molecule has 0 bridgehead atoms. The number of carbonyl (C=O) groups is 4. The Morgan fingerprint density at radius 1 is 0.338 bits per heavy atom. The van der Waals surface area contributed by atoms with E-state index < -0.39 is 71.3 Å². The van der Waals surface area contributed by atoms with Crippen molar-refractivity contribution >= 4 is 92.3 Å². The second kappa shape index (κ2) is 42.3. The number of ether oxygens (including phenoxy) is 9. The van der Waals surface area contributed by atoms with Gasteiger partial charge in [0.2, 0.25) is 0 Å². The van der Waals surface area contributed by atoms with Gasteiger partial charge in [-0.1, -0.05) is 144 Å². The molecule has 716 valence electrons. The molecule has 16 aromatic rings. The van der Waals surface area contributed by atoms with Crippen molar-refractivity contribution in [3.63, 3.8) is 0 Å². The van der Waals surface area contributed by atoms with Crippen molar-refractivity contribution in [3.05, 3.63) is 331 Å². The molecule has 4 aliphatic rings. The van der Waals surface area contributed by atoms with Crippen LogP contribution in [0, 0.1) is 51.0 Å². The van der Waals surface area contributed by atoms with Crippen LogP contribution in [0.2, 0.25) is 0 Å². The van der Waals surface area contributed by atoms with Crippen molar-refractivity contribution < 1.29 is 117 Å². The van der Waals surface area contributed by atoms with Gasteiger partial charge in [0, 0.05) is 98.4 Å². The Hall–Kier alpha value is -16.3. The van der Waals surface area contributed by atoms with E-state index in [0.29, 0.717) is 106 Å². The lowest BCUT2D eigenvalue weighted by Crippen LogP contribution is -2.46. The number of halogens is 4. The maximum absolute atomic E-state index is 13.7. The Morgan fingerprint density at radius 2 is 0.590 bits per heavy atom. The number of anilines is 4. The number of rotatable bonds is 22. The number of phenolic OH excluding ortho intramolecular Hbond substituents is 1. The summed E-state index contributed by atoms with van der Waals surface area (Å²) < 4.78 is 128. The molecule has 29 nitrogen and oxygen atoms in total. The van der Waals surface area contributed by atoms with E-state index in [0.717, 1.165) is 72.3 Å². The molecule has 33 heteroatoms. The van der Waals surface area contributed by atoms with E-state index in [4.69, 9.17) is 65.4 Å². The number of hydrogen-bond acceptors (Lipinski definition) is 27. The highest BCUT2D eigenvalue weighted by atomic mass is 19.1. The van der Waals surface area contributed by atoms with E-state index in [1.54, 1.807) is 53.1 Å². The minimum Gasteiger partial charge on any atom is -0.504 e. The van der Waals surface area contributed by atoms with Gasteiger partial charge in [0.05, 0.1) is 49.3 Å². The summed E-state index contributed by atoms with van der Waals surface area (Å²) in [4.78, 5) is 73.9. The number of oxazole rings is 4. The molecule has 0 unspecified atom stereocenters. The van der Waals surface area contributed by atoms with Crippen molar-refractivity contribution in [1.82, 2.24) is 19.9 Å². The average Bonchev–Trinajstić information content (AvgIpc) is 1.75. The summed E-state index contributed by atoms with van der Waals surface area (Å²) in [6, 6.07) is 60.2. The smallest absolute Gasteiger partial charge is 0.329 e. The third-order valence-corrected chi connectivity index (χ3v) is 24.3. The number of carboxylic acid groups (broad SMARTS) is 2. The predicted octanol–water partition coefficient (Wildman–Crippen LogP) is 19.0. The van der Waals surface area contributed by atoms with Gasteiger partial charge in [0.1, 0.15) is 89.3 Å². The zero-order valence-corrected chi connectivity index (χ0v) is 77.4. The van der Waals surface area contributed by atoms with E-state index in [-0.39, 0.29) is 92.1 Å². The molecule has 0 saturated heterocycles. The van der Waals surface area contributed by atoms with Crippen LogP contribution in [0.5, 0.6) is 46.0 Å². The highest BCUT2D eigenvalue weighted by molar-refractivity contribution is 5.86. The Labute approximate surface area is 794 Å². The lowest BCUT2D eigenvalue weighted by molar-refractivity contribution is -0.143. The normalized spacial score (nSPS) is 15.0. The lowest BCUT2D eigenvalue weighted by atomic mass is 9.92. The Balaban J connectivity index is 0.000000130. The summed E-state index contributed by atoms with van der Waals surface area (Å²) in [5.74, 6) is -1.04. The zero-order valence-electron chi connectivity index (χ0n) is 77.4. The van der Waals surface area contributed by atoms with Crippen LogP contribution in [0.25, 0.3) is 44.4 Å². The fourth-order valence-electron chi connectivity index (χ4n) is 16.8. The molecule has 0 fully saturated rings. The summed E-state index contributed by atoms with van der Waals surface area (Å²) in [7, 11) is 8.81. The van der Waals surface area contributed by atoms with Crippen LogP contribution in [0.3, 0.4) is 0 Å². The Morgan fingerprint density at radius 3 is 0.856 bits per heavy atom. The van der Waals surface area contributed by atoms with Gasteiger partial charge < -0.3 is 100 Å². The molecule has 4 aromatic heterocycles. The number of aromatic hydroxyl groups is 1. The zero-order chi connectivity index (χ0) is 98.0. The summed E-state index contributed by atoms with van der Waals surface area (Å²) in [6.45, 7) is 10.3. The number of phenols is 1. The quantitative estimate of drug-likeness (QED) is 0.0362. The second-order valence-electron chi connectivity index (χ2n) is 33.5. The predicted molar refractivity (Wildman–Crippen MR) is 507 cm³/mol. The fourth-order valence-corrected chi connectivity index (χ4v) is 16.8. The van der Waals surface area contributed by atoms with Crippen LogP contribution in [-0.2, 0) is 107 Å². The van der Waals surface area contributed by atoms with Crippen molar-refractivity contribution in [3.8, 4) is 46.0 Å². The number of methoxy groups -OCH3 is 6. The molecule has 8 heterocycles. The first-order chi connectivity index (χ1) is 67.1. The number of aliphatic hydroxyl groups is 1. The van der Waals surface area contributed by atoms with E-state index in [9.17, 15) is 52.1 Å². The Bertz CT molecular complexity index is 6960. The molecular formula is C106H98F4N8O21. The highest BCUT2D eigenvalue weighted by Gasteiger charge is 2.43. The first-order valence-electron chi connectivity index (χ1n) is 44.2. The molecule has 4 aliphatic heterocycles. The third-order valence-electron chi connectivity index (χ3n) is 24.3. The van der Waals surface area contributed by atoms with Gasteiger partial charge in [-0.05, 0) is 145 Å². The molecule has 20 rings (SSSR count). The summed E-state index contributed by atoms with van der Waals surface area (Å²) in [5, 5.41) is 39.1. The standard InChI is InChI=1S/C27H25FN2O5.2C26H23FN2O5.C19H17FN2O5.C8H10O/c1-16-4-6-17(7-5-16)15-34-25-20-13-22(26(31)33-3)30(14-18(20)8-11-23(25)32-2)27-29-21-10-9-19(28)12-24(21)35-27;2*1-15-3-5-16(6-4-15)14-33-24-19-12-21(25(30)31)29(13-17(19)7-10-22(24)32-2)26-28-20-9-8-18(27)11-23(20)34-26;1-25-15-6-3-10-9-22(14(18(24)26-2)8-12(10)17(15)23)19-21-13-5-4-11(20)7-16(13)27-19;1-7-2-4-8(6-9)5-3-7/h4-12,22H,13-15H2,1-3H3;2*3-11,21H,12-14H2,1-2H3,(H,30,31);3-7,14,23H,8-9H2,1-2H3;2-5,9H,6H2,1H3/t22-;2*21-;14-;/m0000./s1. The fraction of sp³-hybridized carbons (Fsp3) is 0.245. The van der Waals surface area contributed by atoms with Gasteiger partial charge in [-0.15, -0.1) is 0 Å². The molecule has 4 atom stereocenters. The van der Waals surface area contributed by atoms with Gasteiger partial charge in [-0.3, -0.25) is 0 Å². The molecule has 4 N–H and O–H groups in total. The number of aryl methyl sites for hydroxylation is 4. The third kappa shape index (κ3) is 21.5. The number of aliphatic carboxylic acids is 2. The molecule has 0 spiro atoms. The van der Waals surface area contributed by atoms with Crippen LogP contribution in [0.1, 0.15) is 89.0 Å². The Kier molecular flexibility index (Phi) is 29.2. The van der Waals surface area contributed by atoms with E-state index >= 15 is 0 Å². The van der Waals surface area contributed by atoms with Gasteiger partial charge >= 0.3 is 23.9 Å². The van der Waals surface area contributed by atoms with Crippen LogP contribution in [0.15, 0.2) is 236 Å². The topological polar surface area (TPSA) is 349 Å². The number of benzene rings is 12. The number of nitrogens with zero attached hydrogens (tertiary/aromatic N) is 8. The highest BCUT2D eigenvalue weighted by Crippen LogP contribution is 2.46. The summed E-state index contributed by atoms with van der Waals surface area (Å²) >= 11 is 0. The lowest BCUT2D eigenvalue weighted by Gasteiger charge is -2.35. The monoisotopic (exact) mass is 1890 g/mol. The van der Waals surface area contributed by atoms with Crippen molar-refractivity contribution in [2.45, 2.75) is 130 Å². The number of fused-ring (bicyclic) bond motifs is 8. The van der Waals surface area contributed by atoms with Crippen LogP contribution in [-0.4, -0.2) is 131 Å². The maximum Gasteiger partial charge on any atom is 0.329 e. The van der Waals surface area contributed by atoms with Crippen LogP contribution >= 0.6 is 0 Å². The number of hydrogen-bond donors (Lipinski definition) is 4. The molecule has 0 amide bonds. The summed E-state index contributed by atoms with van der Waals surface area (Å²) in [5.41, 5.74) is 18.3. The largest absolute Gasteiger partial charge is 0.504 e. The SMILES string of the molecule is COC(=O)[C@@H]1Cc2c(ccc(OC)c2O)CN1c1nc2ccc(F)cc2o1.COC(=O)[C@@H]1Cc2c(ccc(OC)c2OCc2ccc(C)cc2)CN1c1nc2ccc(F)cc2o1.COc1ccc2c(c1OCc1ccc(C)cc1)C[C@@H](C(=O)O)N(c1nc3ccc(F)cc3o1)C2.COc1ccc2c(c1OCc1ccc(C)cc1)C[C@@H](C(=O)O)N(c1nc3ccc(F)cc3o1)C2.Cc1ccc(CO)cc1.